The zero-order valence-corrected chi connectivity index (χ0v) is 9.78. The number of hydrogen-bond donors (Lipinski definition) is 2. The van der Waals surface area contributed by atoms with E-state index in [-0.39, 0.29) is 18.1 Å². The van der Waals surface area contributed by atoms with E-state index in [1.54, 1.807) is 0 Å². The van der Waals surface area contributed by atoms with E-state index in [2.05, 4.69) is 15.3 Å². The molecule has 1 aromatic heterocycles. The maximum atomic E-state index is 12.7. The normalized spacial score (nSPS) is 11.3. The van der Waals surface area contributed by atoms with E-state index in [4.69, 9.17) is 5.73 Å². The van der Waals surface area contributed by atoms with Gasteiger partial charge in [0.2, 0.25) is 0 Å². The van der Waals surface area contributed by atoms with Gasteiger partial charge in [-0.25, -0.2) is 9.97 Å². The highest BCUT2D eigenvalue weighted by Crippen LogP contribution is 2.34. The van der Waals surface area contributed by atoms with Gasteiger partial charge in [0.15, 0.2) is 0 Å². The van der Waals surface area contributed by atoms with Crippen molar-refractivity contribution in [1.29, 1.82) is 0 Å². The minimum Gasteiger partial charge on any atom is -0.384 e. The van der Waals surface area contributed by atoms with Crippen LogP contribution in [0.1, 0.15) is 11.4 Å². The molecule has 3 N–H and O–H groups in total. The van der Waals surface area contributed by atoms with Gasteiger partial charge in [-0.15, -0.1) is 0 Å². The van der Waals surface area contributed by atoms with Crippen LogP contribution >= 0.6 is 0 Å². The van der Waals surface area contributed by atoms with Gasteiger partial charge in [-0.2, -0.15) is 13.2 Å². The van der Waals surface area contributed by atoms with Crippen molar-refractivity contribution in [2.24, 2.45) is 0 Å². The molecular weight excluding hydrogens is 257 g/mol. The first kappa shape index (κ1) is 13.1. The molecule has 1 heterocycles. The lowest BCUT2D eigenvalue weighted by Crippen LogP contribution is -2.12. The predicted molar refractivity (Wildman–Crippen MR) is 65.2 cm³/mol. The molecule has 0 saturated heterocycles. The molecule has 4 nitrogen and oxygen atoms in total. The van der Waals surface area contributed by atoms with Crippen LogP contribution in [0, 0.1) is 0 Å². The van der Waals surface area contributed by atoms with Crippen molar-refractivity contribution in [1.82, 2.24) is 9.97 Å². The van der Waals surface area contributed by atoms with Crippen LogP contribution in [0.5, 0.6) is 0 Å². The average Bonchev–Trinajstić information content (AvgIpc) is 2.36. The maximum absolute atomic E-state index is 12.7. The molecule has 7 heteroatoms. The number of nitrogens with two attached hydrogens (primary N) is 1. The second kappa shape index (κ2) is 5.13. The molecule has 2 aromatic rings. The summed E-state index contributed by atoms with van der Waals surface area (Å²) >= 11 is 0. The molecular formula is C12H11F3N4. The topological polar surface area (TPSA) is 63.8 Å². The van der Waals surface area contributed by atoms with Crippen LogP contribution in [-0.2, 0) is 12.7 Å². The maximum Gasteiger partial charge on any atom is 0.418 e. The van der Waals surface area contributed by atoms with Gasteiger partial charge in [0, 0.05) is 11.9 Å². The minimum atomic E-state index is -4.40. The zero-order chi connectivity index (χ0) is 13.9. The van der Waals surface area contributed by atoms with E-state index >= 15 is 0 Å². The second-order valence-corrected chi connectivity index (χ2v) is 3.79. The first-order chi connectivity index (χ1) is 8.97. The summed E-state index contributed by atoms with van der Waals surface area (Å²) in [6.45, 7) is 0.0676. The first-order valence-electron chi connectivity index (χ1n) is 5.44. The van der Waals surface area contributed by atoms with Gasteiger partial charge in [0.1, 0.15) is 11.6 Å². The largest absolute Gasteiger partial charge is 0.418 e. The highest BCUT2D eigenvalue weighted by Gasteiger charge is 2.33. The molecule has 0 aliphatic carbocycles. The Kier molecular flexibility index (Phi) is 3.55. The van der Waals surface area contributed by atoms with E-state index in [0.717, 1.165) is 6.07 Å². The van der Waals surface area contributed by atoms with E-state index < -0.39 is 11.7 Å². The van der Waals surface area contributed by atoms with Crippen molar-refractivity contribution >= 4 is 11.5 Å². The monoisotopic (exact) mass is 268 g/mol. The number of anilines is 2. The third-order valence-electron chi connectivity index (χ3n) is 2.40. The predicted octanol–water partition coefficient (Wildman–Crippen LogP) is 2.69. The minimum absolute atomic E-state index is 0.0129. The quantitative estimate of drug-likeness (QED) is 0.898. The fraction of sp³-hybridized carbons (Fsp3) is 0.167. The number of halogens is 3. The fourth-order valence-corrected chi connectivity index (χ4v) is 1.56. The lowest BCUT2D eigenvalue weighted by Gasteiger charge is -2.13. The lowest BCUT2D eigenvalue weighted by atomic mass is 10.1. The highest BCUT2D eigenvalue weighted by atomic mass is 19.4. The van der Waals surface area contributed by atoms with E-state index in [0.29, 0.717) is 5.82 Å². The molecule has 0 amide bonds. The number of nitrogens with zero attached hydrogens (tertiary/aromatic N) is 2. The summed E-state index contributed by atoms with van der Waals surface area (Å²) in [6, 6.07) is 6.74. The van der Waals surface area contributed by atoms with Crippen molar-refractivity contribution in [3.8, 4) is 0 Å². The molecule has 0 unspecified atom stereocenters. The number of nitrogen functional groups attached to an aromatic ring is 1. The van der Waals surface area contributed by atoms with Gasteiger partial charge in [0.05, 0.1) is 12.1 Å². The van der Waals surface area contributed by atoms with Crippen molar-refractivity contribution in [3.05, 3.63) is 47.9 Å². The number of hydrogen-bond acceptors (Lipinski definition) is 4. The summed E-state index contributed by atoms with van der Waals surface area (Å²) in [5.74, 6) is 0.605. The SMILES string of the molecule is Nc1ccnc(CNc2ccccc2C(F)(F)F)n1. The Labute approximate surface area is 107 Å². The number of benzene rings is 1. The fourth-order valence-electron chi connectivity index (χ4n) is 1.56. The highest BCUT2D eigenvalue weighted by molar-refractivity contribution is 5.52. The van der Waals surface area contributed by atoms with Gasteiger partial charge in [-0.3, -0.25) is 0 Å². The second-order valence-electron chi connectivity index (χ2n) is 3.79. The molecule has 100 valence electrons. The van der Waals surface area contributed by atoms with Crippen molar-refractivity contribution in [3.63, 3.8) is 0 Å². The number of nitrogens with one attached hydrogen (secondary N) is 1. The summed E-state index contributed by atoms with van der Waals surface area (Å²) in [5, 5.41) is 2.66. The van der Waals surface area contributed by atoms with Crippen LogP contribution in [0.4, 0.5) is 24.7 Å². The summed E-state index contributed by atoms with van der Waals surface area (Å²) < 4.78 is 38.2. The van der Waals surface area contributed by atoms with E-state index in [1.165, 1.54) is 30.5 Å². The number of para-hydroxylation sites is 1. The standard InChI is InChI=1S/C12H11F3N4/c13-12(14,15)8-3-1-2-4-9(8)18-7-11-17-6-5-10(16)19-11/h1-6,18H,7H2,(H2,16,17,19). The van der Waals surface area contributed by atoms with Gasteiger partial charge >= 0.3 is 6.18 Å². The molecule has 0 atom stereocenters. The molecule has 19 heavy (non-hydrogen) atoms. The number of rotatable bonds is 3. The molecule has 0 aliphatic rings. The molecule has 0 bridgehead atoms. The third-order valence-corrected chi connectivity index (χ3v) is 2.40. The lowest BCUT2D eigenvalue weighted by molar-refractivity contribution is -0.137. The Morgan fingerprint density at radius 2 is 1.89 bits per heavy atom. The molecule has 0 saturated carbocycles. The first-order valence-corrected chi connectivity index (χ1v) is 5.44. The van der Waals surface area contributed by atoms with Gasteiger partial charge in [-0.1, -0.05) is 12.1 Å². The zero-order valence-electron chi connectivity index (χ0n) is 9.78. The number of alkyl halides is 3. The molecule has 0 radical (unpaired) electrons. The Bertz CT molecular complexity index is 569. The van der Waals surface area contributed by atoms with Gasteiger partial charge in [-0.05, 0) is 18.2 Å². The smallest absolute Gasteiger partial charge is 0.384 e. The van der Waals surface area contributed by atoms with Crippen LogP contribution in [0.15, 0.2) is 36.5 Å². The molecule has 1 aromatic carbocycles. The van der Waals surface area contributed by atoms with E-state index in [9.17, 15) is 13.2 Å². The van der Waals surface area contributed by atoms with Crippen LogP contribution < -0.4 is 11.1 Å². The summed E-state index contributed by atoms with van der Waals surface area (Å²) in [7, 11) is 0. The summed E-state index contributed by atoms with van der Waals surface area (Å²) in [5.41, 5.74) is 4.73. The van der Waals surface area contributed by atoms with Crippen LogP contribution in [-0.4, -0.2) is 9.97 Å². The molecule has 0 spiro atoms. The molecule has 0 aliphatic heterocycles. The van der Waals surface area contributed by atoms with Gasteiger partial charge in [0.25, 0.3) is 0 Å². The van der Waals surface area contributed by atoms with Crippen molar-refractivity contribution in [2.45, 2.75) is 12.7 Å². The summed E-state index contributed by atoms with van der Waals surface area (Å²) in [4.78, 5) is 7.81. The summed E-state index contributed by atoms with van der Waals surface area (Å²) in [6.07, 6.45) is -2.95. The van der Waals surface area contributed by atoms with Crippen LogP contribution in [0.3, 0.4) is 0 Å². The Morgan fingerprint density at radius 3 is 2.58 bits per heavy atom. The van der Waals surface area contributed by atoms with Gasteiger partial charge < -0.3 is 11.1 Å². The average molecular weight is 268 g/mol. The van der Waals surface area contributed by atoms with E-state index in [1.807, 2.05) is 0 Å². The number of aromatic nitrogens is 2. The van der Waals surface area contributed by atoms with Crippen molar-refractivity contribution in [2.75, 3.05) is 11.1 Å². The Balaban J connectivity index is 2.16. The third kappa shape index (κ3) is 3.34. The Hall–Kier alpha value is -2.31. The van der Waals surface area contributed by atoms with Crippen LogP contribution in [0.2, 0.25) is 0 Å². The van der Waals surface area contributed by atoms with Crippen molar-refractivity contribution < 1.29 is 13.2 Å². The molecule has 0 fully saturated rings. The Morgan fingerprint density at radius 1 is 1.16 bits per heavy atom. The van der Waals surface area contributed by atoms with Crippen LogP contribution in [0.25, 0.3) is 0 Å². The molecule has 2 rings (SSSR count).